The molecule has 112 valence electrons. The average molecular weight is 316 g/mol. The Morgan fingerprint density at radius 3 is 2.50 bits per heavy atom. The number of nitrogens with zero attached hydrogens (tertiary/aromatic N) is 1. The minimum Gasteiger partial charge on any atom is -0.481 e. The summed E-state index contributed by atoms with van der Waals surface area (Å²) in [5.41, 5.74) is 2.89. The number of amides is 1. The number of anilines is 1. The van der Waals surface area contributed by atoms with E-state index in [1.807, 2.05) is 12.1 Å². The van der Waals surface area contributed by atoms with Crippen molar-refractivity contribution in [1.29, 1.82) is 0 Å². The highest BCUT2D eigenvalue weighted by atomic mass is 35.5. The number of benzene rings is 2. The molecule has 0 saturated heterocycles. The van der Waals surface area contributed by atoms with Crippen molar-refractivity contribution in [2.75, 3.05) is 4.90 Å². The molecule has 2 aromatic carbocycles. The van der Waals surface area contributed by atoms with Crippen molar-refractivity contribution in [3.8, 4) is 0 Å². The summed E-state index contributed by atoms with van der Waals surface area (Å²) in [4.78, 5) is 25.1. The fourth-order valence-electron chi connectivity index (χ4n) is 2.61. The van der Waals surface area contributed by atoms with E-state index in [0.717, 1.165) is 11.3 Å². The van der Waals surface area contributed by atoms with E-state index < -0.39 is 11.9 Å². The largest absolute Gasteiger partial charge is 0.481 e. The third kappa shape index (κ3) is 2.35. The molecular weight excluding hydrogens is 302 g/mol. The van der Waals surface area contributed by atoms with Crippen molar-refractivity contribution in [2.24, 2.45) is 0 Å². The maximum atomic E-state index is 12.5. The first-order valence-electron chi connectivity index (χ1n) is 6.91. The number of hydrogen-bond acceptors (Lipinski definition) is 2. The fraction of sp³-hybridized carbons (Fsp3) is 0.176. The van der Waals surface area contributed by atoms with Crippen LogP contribution in [-0.4, -0.2) is 17.0 Å². The summed E-state index contributed by atoms with van der Waals surface area (Å²) in [5, 5.41) is 9.49. The summed E-state index contributed by atoms with van der Waals surface area (Å²) in [7, 11) is 0. The maximum Gasteiger partial charge on any atom is 0.310 e. The highest BCUT2D eigenvalue weighted by molar-refractivity contribution is 6.35. The number of rotatable bonds is 3. The first-order valence-corrected chi connectivity index (χ1v) is 7.29. The smallest absolute Gasteiger partial charge is 0.310 e. The van der Waals surface area contributed by atoms with E-state index in [0.29, 0.717) is 22.7 Å². The fourth-order valence-corrected chi connectivity index (χ4v) is 2.89. The third-order valence-corrected chi connectivity index (χ3v) is 4.28. The SMILES string of the molecule is CC(C(=O)O)c1ccc(N2Cc3cccc(Cl)c3C2=O)cc1. The van der Waals surface area contributed by atoms with Gasteiger partial charge in [0.05, 0.1) is 23.0 Å². The van der Waals surface area contributed by atoms with Crippen LogP contribution in [0, 0.1) is 0 Å². The van der Waals surface area contributed by atoms with Gasteiger partial charge in [-0.3, -0.25) is 9.59 Å². The van der Waals surface area contributed by atoms with Crippen LogP contribution in [0.5, 0.6) is 0 Å². The standard InChI is InChI=1S/C17H14ClNO3/c1-10(17(21)22)11-5-7-13(8-6-11)19-9-12-3-2-4-14(18)15(12)16(19)20/h2-8,10H,9H2,1H3,(H,21,22). The lowest BCUT2D eigenvalue weighted by Crippen LogP contribution is -2.23. The number of carbonyl (C=O) groups is 2. The van der Waals surface area contributed by atoms with E-state index in [-0.39, 0.29) is 5.91 Å². The monoisotopic (exact) mass is 315 g/mol. The zero-order valence-electron chi connectivity index (χ0n) is 11.9. The van der Waals surface area contributed by atoms with Gasteiger partial charge in [0, 0.05) is 5.69 Å². The zero-order chi connectivity index (χ0) is 15.9. The number of fused-ring (bicyclic) bond motifs is 1. The molecule has 0 aliphatic carbocycles. The van der Waals surface area contributed by atoms with Crippen molar-refractivity contribution in [3.63, 3.8) is 0 Å². The predicted octanol–water partition coefficient (Wildman–Crippen LogP) is 3.69. The van der Waals surface area contributed by atoms with Gasteiger partial charge in [0.15, 0.2) is 0 Å². The molecule has 5 heteroatoms. The van der Waals surface area contributed by atoms with E-state index in [1.165, 1.54) is 0 Å². The van der Waals surface area contributed by atoms with Crippen molar-refractivity contribution in [1.82, 2.24) is 0 Å². The molecule has 0 saturated carbocycles. The zero-order valence-corrected chi connectivity index (χ0v) is 12.7. The van der Waals surface area contributed by atoms with Crippen LogP contribution in [0.25, 0.3) is 0 Å². The molecule has 1 aliphatic heterocycles. The second kappa shape index (κ2) is 5.46. The van der Waals surface area contributed by atoms with E-state index in [4.69, 9.17) is 16.7 Å². The number of carboxylic acid groups (broad SMARTS) is 1. The number of hydrogen-bond donors (Lipinski definition) is 1. The van der Waals surface area contributed by atoms with Gasteiger partial charge in [-0.1, -0.05) is 35.9 Å². The van der Waals surface area contributed by atoms with Gasteiger partial charge in [0.1, 0.15) is 0 Å². The molecule has 1 heterocycles. The van der Waals surface area contributed by atoms with Crippen LogP contribution in [0.15, 0.2) is 42.5 Å². The molecule has 22 heavy (non-hydrogen) atoms. The Kier molecular flexibility index (Phi) is 3.62. The van der Waals surface area contributed by atoms with Gasteiger partial charge in [-0.05, 0) is 36.2 Å². The second-order valence-electron chi connectivity index (χ2n) is 5.32. The Hall–Kier alpha value is -2.33. The lowest BCUT2D eigenvalue weighted by Gasteiger charge is -2.17. The van der Waals surface area contributed by atoms with Gasteiger partial charge < -0.3 is 10.0 Å². The van der Waals surface area contributed by atoms with Crippen molar-refractivity contribution in [2.45, 2.75) is 19.4 Å². The highest BCUT2D eigenvalue weighted by Gasteiger charge is 2.30. The van der Waals surface area contributed by atoms with Crippen molar-refractivity contribution >= 4 is 29.2 Å². The molecule has 4 nitrogen and oxygen atoms in total. The van der Waals surface area contributed by atoms with Crippen LogP contribution in [0.4, 0.5) is 5.69 Å². The van der Waals surface area contributed by atoms with Crippen LogP contribution in [0.2, 0.25) is 5.02 Å². The normalized spacial score (nSPS) is 14.8. The Morgan fingerprint density at radius 1 is 1.23 bits per heavy atom. The molecule has 0 fully saturated rings. The summed E-state index contributed by atoms with van der Waals surface area (Å²) >= 11 is 6.11. The molecule has 1 unspecified atom stereocenters. The summed E-state index contributed by atoms with van der Waals surface area (Å²) in [6.07, 6.45) is 0. The third-order valence-electron chi connectivity index (χ3n) is 3.96. The quantitative estimate of drug-likeness (QED) is 0.939. The number of halogens is 1. The van der Waals surface area contributed by atoms with Gasteiger partial charge in [-0.15, -0.1) is 0 Å². The first kappa shape index (κ1) is 14.6. The molecule has 3 rings (SSSR count). The Balaban J connectivity index is 1.89. The molecule has 1 atom stereocenters. The van der Waals surface area contributed by atoms with E-state index in [1.54, 1.807) is 42.2 Å². The average Bonchev–Trinajstić information content (AvgIpc) is 2.85. The number of carbonyl (C=O) groups excluding carboxylic acids is 1. The molecule has 0 bridgehead atoms. The van der Waals surface area contributed by atoms with Gasteiger partial charge in [0.25, 0.3) is 5.91 Å². The summed E-state index contributed by atoms with van der Waals surface area (Å²) in [6.45, 7) is 2.11. The van der Waals surface area contributed by atoms with Gasteiger partial charge in [0.2, 0.25) is 0 Å². The molecule has 2 aromatic rings. The summed E-state index contributed by atoms with van der Waals surface area (Å²) < 4.78 is 0. The summed E-state index contributed by atoms with van der Waals surface area (Å²) in [6, 6.07) is 12.5. The maximum absolute atomic E-state index is 12.5. The first-order chi connectivity index (χ1) is 10.5. The molecular formula is C17H14ClNO3. The van der Waals surface area contributed by atoms with E-state index >= 15 is 0 Å². The van der Waals surface area contributed by atoms with Gasteiger partial charge in [-0.2, -0.15) is 0 Å². The van der Waals surface area contributed by atoms with Gasteiger partial charge >= 0.3 is 5.97 Å². The van der Waals surface area contributed by atoms with E-state index in [2.05, 4.69) is 0 Å². The number of carboxylic acids is 1. The molecule has 0 aromatic heterocycles. The minimum atomic E-state index is -0.871. The lowest BCUT2D eigenvalue weighted by atomic mass is 10.0. The Bertz CT molecular complexity index is 755. The Morgan fingerprint density at radius 2 is 1.91 bits per heavy atom. The summed E-state index contributed by atoms with van der Waals surface area (Å²) in [5.74, 6) is -1.57. The van der Waals surface area contributed by atoms with Crippen LogP contribution in [0.3, 0.4) is 0 Å². The van der Waals surface area contributed by atoms with Crippen LogP contribution < -0.4 is 4.90 Å². The van der Waals surface area contributed by atoms with Crippen LogP contribution >= 0.6 is 11.6 Å². The molecule has 1 aliphatic rings. The molecule has 0 radical (unpaired) electrons. The van der Waals surface area contributed by atoms with Gasteiger partial charge in [-0.25, -0.2) is 0 Å². The molecule has 1 amide bonds. The second-order valence-corrected chi connectivity index (χ2v) is 5.72. The highest BCUT2D eigenvalue weighted by Crippen LogP contribution is 2.33. The topological polar surface area (TPSA) is 57.6 Å². The number of aliphatic carboxylic acids is 1. The lowest BCUT2D eigenvalue weighted by molar-refractivity contribution is -0.138. The minimum absolute atomic E-state index is 0.125. The van der Waals surface area contributed by atoms with Crippen LogP contribution in [-0.2, 0) is 11.3 Å². The van der Waals surface area contributed by atoms with Crippen LogP contribution in [0.1, 0.15) is 34.3 Å². The Labute approximate surface area is 132 Å². The van der Waals surface area contributed by atoms with E-state index in [9.17, 15) is 9.59 Å². The van der Waals surface area contributed by atoms with Crippen molar-refractivity contribution < 1.29 is 14.7 Å². The van der Waals surface area contributed by atoms with Crippen molar-refractivity contribution in [3.05, 3.63) is 64.2 Å². The molecule has 1 N–H and O–H groups in total. The molecule has 0 spiro atoms. The predicted molar refractivity (Wildman–Crippen MR) is 84.5 cm³/mol.